The zero-order valence-corrected chi connectivity index (χ0v) is 24.3. The second-order valence-corrected chi connectivity index (χ2v) is 8.93. The third kappa shape index (κ3) is 8.82. The molecule has 8 heteroatoms. The number of aryl methyl sites for hydroxylation is 1. The molecule has 0 saturated carbocycles. The van der Waals surface area contributed by atoms with Crippen LogP contribution in [0.5, 0.6) is 5.75 Å². The molecule has 1 atom stereocenters. The van der Waals surface area contributed by atoms with Crippen LogP contribution in [0.2, 0.25) is 0 Å². The molecule has 39 heavy (non-hydrogen) atoms. The van der Waals surface area contributed by atoms with E-state index in [0.717, 1.165) is 22.6 Å². The van der Waals surface area contributed by atoms with E-state index in [1.807, 2.05) is 67.6 Å². The molecule has 0 saturated heterocycles. The maximum absolute atomic E-state index is 12.4. The Morgan fingerprint density at radius 3 is 2.28 bits per heavy atom. The van der Waals surface area contributed by atoms with E-state index >= 15 is 0 Å². The van der Waals surface area contributed by atoms with Gasteiger partial charge in [-0.1, -0.05) is 60.7 Å². The maximum Gasteiger partial charge on any atom is 0.326 e. The van der Waals surface area contributed by atoms with Gasteiger partial charge in [-0.25, -0.2) is 9.78 Å². The van der Waals surface area contributed by atoms with Gasteiger partial charge in [-0.15, -0.1) is 0 Å². The fourth-order valence-corrected chi connectivity index (χ4v) is 3.99. The summed E-state index contributed by atoms with van der Waals surface area (Å²) in [6.45, 7) is 4.01. The molecular weight excluding hydrogens is 520 g/mol. The predicted molar refractivity (Wildman–Crippen MR) is 151 cm³/mol. The van der Waals surface area contributed by atoms with Gasteiger partial charge >= 0.3 is 5.97 Å². The van der Waals surface area contributed by atoms with Gasteiger partial charge < -0.3 is 19.6 Å². The van der Waals surface area contributed by atoms with Crippen LogP contribution in [0.25, 0.3) is 11.5 Å². The normalized spacial score (nSPS) is 11.8. The van der Waals surface area contributed by atoms with Crippen LogP contribution in [0.1, 0.15) is 34.3 Å². The first-order chi connectivity index (χ1) is 18.4. The number of hydrogen-bond donors (Lipinski definition) is 2. The van der Waals surface area contributed by atoms with Crippen LogP contribution in [0.3, 0.4) is 0 Å². The van der Waals surface area contributed by atoms with Gasteiger partial charge in [0.05, 0.1) is 12.3 Å². The third-order valence-corrected chi connectivity index (χ3v) is 5.99. The fourth-order valence-electron chi connectivity index (χ4n) is 3.99. The molecule has 4 aromatic rings. The molecular formula is C31H30CaN2O5. The van der Waals surface area contributed by atoms with Crippen LogP contribution in [0.15, 0.2) is 101 Å². The van der Waals surface area contributed by atoms with Crippen molar-refractivity contribution in [1.29, 1.82) is 0 Å². The molecule has 196 valence electrons. The first kappa shape index (κ1) is 30.2. The minimum absolute atomic E-state index is 0. The summed E-state index contributed by atoms with van der Waals surface area (Å²) >= 11 is 0. The number of aromatic nitrogens is 1. The number of carboxylic acid groups (broad SMARTS) is 1. The molecule has 0 aliphatic heterocycles. The smallest absolute Gasteiger partial charge is 0.326 e. The number of carbonyl (C=O) groups is 2. The number of nitrogens with zero attached hydrogens (tertiary/aromatic N) is 1. The number of aliphatic carboxylic acids is 1. The summed E-state index contributed by atoms with van der Waals surface area (Å²) in [6.07, 6.45) is 2.27. The third-order valence-electron chi connectivity index (χ3n) is 5.99. The molecule has 1 aromatic heterocycles. The standard InChI is InChI=1S/C31H30N2O5.Ca/c1-21(19-29(34)24-9-5-3-6-10-24)32-28(31(35)36)20-23-13-15-26(16-14-23)37-18-17-27-22(2)38-30(33-27)25-11-7-4-8-12-25;/h3-16,19,28,32H,17-18,20H2,1-2H3,(H,35,36);/b21-19-;/t28-;/m0./s1. The number of oxazole rings is 1. The Labute approximate surface area is 257 Å². The Morgan fingerprint density at radius 1 is 1.00 bits per heavy atom. The minimum Gasteiger partial charge on any atom is -0.493 e. The minimum atomic E-state index is -0.997. The monoisotopic (exact) mass is 550 g/mol. The van der Waals surface area contributed by atoms with E-state index in [4.69, 9.17) is 9.15 Å². The van der Waals surface area contributed by atoms with Crippen LogP contribution in [-0.2, 0) is 17.6 Å². The van der Waals surface area contributed by atoms with E-state index in [-0.39, 0.29) is 49.9 Å². The van der Waals surface area contributed by atoms with Gasteiger partial charge in [-0.05, 0) is 43.7 Å². The second-order valence-electron chi connectivity index (χ2n) is 8.93. The number of ketones is 1. The van der Waals surface area contributed by atoms with E-state index < -0.39 is 12.0 Å². The predicted octanol–water partition coefficient (Wildman–Crippen LogP) is 5.26. The van der Waals surface area contributed by atoms with E-state index in [1.165, 1.54) is 6.08 Å². The molecule has 0 bridgehead atoms. The average Bonchev–Trinajstić information content (AvgIpc) is 3.30. The van der Waals surface area contributed by atoms with Gasteiger partial charge in [-0.3, -0.25) is 4.79 Å². The van der Waals surface area contributed by atoms with Gasteiger partial charge in [-0.2, -0.15) is 0 Å². The molecule has 2 radical (unpaired) electrons. The van der Waals surface area contributed by atoms with Crippen molar-refractivity contribution in [2.24, 2.45) is 0 Å². The Bertz CT molecular complexity index is 1400. The van der Waals surface area contributed by atoms with Crippen molar-refractivity contribution < 1.29 is 23.8 Å². The Hall–Kier alpha value is -3.39. The summed E-state index contributed by atoms with van der Waals surface area (Å²) in [6, 6.07) is 25.1. The van der Waals surface area contributed by atoms with Crippen molar-refractivity contribution >= 4 is 49.5 Å². The van der Waals surface area contributed by atoms with Crippen molar-refractivity contribution in [2.75, 3.05) is 6.61 Å². The van der Waals surface area contributed by atoms with E-state index in [0.29, 0.717) is 35.9 Å². The molecule has 0 amide bonds. The number of carboxylic acids is 1. The molecule has 0 aliphatic carbocycles. The topological polar surface area (TPSA) is 102 Å². The first-order valence-corrected chi connectivity index (χ1v) is 12.4. The Morgan fingerprint density at radius 2 is 1.64 bits per heavy atom. The van der Waals surface area contributed by atoms with E-state index in [1.54, 1.807) is 31.2 Å². The second kappa shape index (κ2) is 14.7. The van der Waals surface area contributed by atoms with Crippen LogP contribution >= 0.6 is 0 Å². The van der Waals surface area contributed by atoms with Crippen LogP contribution in [0.4, 0.5) is 0 Å². The SMILES string of the molecule is C/C(=C/C(=O)c1ccccc1)N[C@@H](Cc1ccc(OCCc2nc(-c3ccccc3)oc2C)cc1)C(=O)O.[Ca]. The Balaban J connectivity index is 0.00000420. The van der Waals surface area contributed by atoms with Gasteiger partial charge in [0, 0.05) is 73.5 Å². The van der Waals surface area contributed by atoms with E-state index in [2.05, 4.69) is 10.3 Å². The zero-order valence-electron chi connectivity index (χ0n) is 22.1. The van der Waals surface area contributed by atoms with Crippen molar-refractivity contribution in [1.82, 2.24) is 10.3 Å². The number of rotatable bonds is 12. The number of benzene rings is 3. The number of hydrogen-bond acceptors (Lipinski definition) is 6. The molecule has 2 N–H and O–H groups in total. The van der Waals surface area contributed by atoms with Crippen molar-refractivity contribution in [2.45, 2.75) is 32.7 Å². The van der Waals surface area contributed by atoms with Gasteiger partial charge in [0.2, 0.25) is 5.89 Å². The quantitative estimate of drug-likeness (QED) is 0.141. The first-order valence-electron chi connectivity index (χ1n) is 12.4. The number of carbonyl (C=O) groups excluding carboxylic acids is 1. The van der Waals surface area contributed by atoms with Crippen molar-refractivity contribution in [3.8, 4) is 17.2 Å². The largest absolute Gasteiger partial charge is 0.493 e. The fraction of sp³-hybridized carbons (Fsp3) is 0.194. The molecule has 0 fully saturated rings. The molecule has 3 aromatic carbocycles. The Kier molecular flexibility index (Phi) is 11.3. The van der Waals surface area contributed by atoms with Crippen molar-refractivity contribution in [3.05, 3.63) is 119 Å². The van der Waals surface area contributed by atoms with Crippen LogP contribution < -0.4 is 10.1 Å². The van der Waals surface area contributed by atoms with Crippen molar-refractivity contribution in [3.63, 3.8) is 0 Å². The van der Waals surface area contributed by atoms with Crippen LogP contribution in [-0.4, -0.2) is 72.2 Å². The van der Waals surface area contributed by atoms with Gasteiger partial charge in [0.15, 0.2) is 5.78 Å². The average molecular weight is 551 g/mol. The molecule has 0 unspecified atom stereocenters. The van der Waals surface area contributed by atoms with E-state index in [9.17, 15) is 14.7 Å². The zero-order chi connectivity index (χ0) is 26.9. The summed E-state index contributed by atoms with van der Waals surface area (Å²) in [4.78, 5) is 28.8. The summed E-state index contributed by atoms with van der Waals surface area (Å²) in [5.41, 5.74) is 3.65. The molecule has 1 heterocycles. The number of ether oxygens (including phenoxy) is 1. The van der Waals surface area contributed by atoms with Crippen LogP contribution in [0, 0.1) is 6.92 Å². The summed E-state index contributed by atoms with van der Waals surface area (Å²) in [7, 11) is 0. The summed E-state index contributed by atoms with van der Waals surface area (Å²) < 4.78 is 11.7. The number of nitrogens with one attached hydrogen (secondary N) is 1. The molecule has 0 spiro atoms. The molecule has 4 rings (SSSR count). The van der Waals surface area contributed by atoms with Gasteiger partial charge in [0.25, 0.3) is 0 Å². The summed E-state index contributed by atoms with van der Waals surface area (Å²) in [5.74, 6) is 0.868. The molecule has 0 aliphatic rings. The number of allylic oxidation sites excluding steroid dienone is 2. The molecule has 7 nitrogen and oxygen atoms in total. The maximum atomic E-state index is 12.4. The summed E-state index contributed by atoms with van der Waals surface area (Å²) in [5, 5.41) is 12.6. The van der Waals surface area contributed by atoms with Gasteiger partial charge in [0.1, 0.15) is 17.6 Å².